The summed E-state index contributed by atoms with van der Waals surface area (Å²) >= 11 is 0. The molecule has 1 aromatic carbocycles. The molecule has 0 aliphatic carbocycles. The van der Waals surface area contributed by atoms with Crippen molar-refractivity contribution in [3.8, 4) is 45.4 Å². The molecule has 1 aliphatic heterocycles. The van der Waals surface area contributed by atoms with Gasteiger partial charge in [0.25, 0.3) is 0 Å². The molecule has 10 nitrogen and oxygen atoms in total. The highest BCUT2D eigenvalue weighted by molar-refractivity contribution is 5.96. The number of likely N-dealkylation sites (tertiary alicyclic amines) is 1. The standard InChI is InChI=1S/C29H25FN8O2/c30-19-9-17(10-20(39)12-19)22-3-4-32-28-26(22)34-29(35-28)27-23-13-24(33-16-25(23)36-37-27)18-11-21(15-31-14-18)40-8-7-38-5-1-2-6-38/h3-4,9-16,39H,1-2,5-8H2,(H,36,37)(H,32,34,35). The van der Waals surface area contributed by atoms with Gasteiger partial charge in [-0.05, 0) is 61.8 Å². The molecule has 3 N–H and O–H groups in total. The molecule has 0 bridgehead atoms. The van der Waals surface area contributed by atoms with Crippen LogP contribution < -0.4 is 4.74 Å². The maximum Gasteiger partial charge on any atom is 0.178 e. The molecule has 5 aromatic heterocycles. The van der Waals surface area contributed by atoms with Gasteiger partial charge in [0.2, 0.25) is 0 Å². The van der Waals surface area contributed by atoms with E-state index in [0.29, 0.717) is 46.2 Å². The van der Waals surface area contributed by atoms with E-state index in [2.05, 4.69) is 40.0 Å². The monoisotopic (exact) mass is 536 g/mol. The van der Waals surface area contributed by atoms with Gasteiger partial charge in [0.1, 0.15) is 29.6 Å². The number of hydrogen-bond acceptors (Lipinski definition) is 8. The van der Waals surface area contributed by atoms with E-state index in [1.165, 1.54) is 25.0 Å². The van der Waals surface area contributed by atoms with E-state index in [4.69, 9.17) is 4.74 Å². The molecule has 40 heavy (non-hydrogen) atoms. The second-order valence-electron chi connectivity index (χ2n) is 9.83. The third-order valence-electron chi connectivity index (χ3n) is 7.14. The van der Waals surface area contributed by atoms with Crippen LogP contribution in [0, 0.1) is 5.82 Å². The van der Waals surface area contributed by atoms with E-state index in [1.807, 2.05) is 12.1 Å². The molecule has 0 unspecified atom stereocenters. The molecule has 0 atom stereocenters. The Kier molecular flexibility index (Phi) is 6.05. The van der Waals surface area contributed by atoms with Crippen molar-refractivity contribution in [2.45, 2.75) is 12.8 Å². The summed E-state index contributed by atoms with van der Waals surface area (Å²) in [6.45, 7) is 3.79. The molecule has 11 heteroatoms. The Morgan fingerprint density at radius 3 is 2.77 bits per heavy atom. The van der Waals surface area contributed by atoms with Crippen LogP contribution in [0.25, 0.3) is 56.0 Å². The molecule has 6 heterocycles. The zero-order valence-corrected chi connectivity index (χ0v) is 21.4. The molecular formula is C29H25FN8O2. The van der Waals surface area contributed by atoms with Crippen molar-refractivity contribution < 1.29 is 14.2 Å². The highest BCUT2D eigenvalue weighted by atomic mass is 19.1. The van der Waals surface area contributed by atoms with Gasteiger partial charge in [-0.1, -0.05) is 0 Å². The molecule has 7 rings (SSSR count). The number of rotatable bonds is 7. The number of halogens is 1. The van der Waals surface area contributed by atoms with Gasteiger partial charge in [0, 0.05) is 41.5 Å². The van der Waals surface area contributed by atoms with Gasteiger partial charge in [0.15, 0.2) is 11.5 Å². The zero-order valence-electron chi connectivity index (χ0n) is 21.4. The van der Waals surface area contributed by atoms with E-state index in [9.17, 15) is 9.50 Å². The minimum atomic E-state index is -0.534. The van der Waals surface area contributed by atoms with Crippen molar-refractivity contribution in [3.63, 3.8) is 0 Å². The van der Waals surface area contributed by atoms with E-state index in [0.717, 1.165) is 47.9 Å². The topological polar surface area (TPSA) is 129 Å². The molecule has 0 amide bonds. The van der Waals surface area contributed by atoms with Crippen LogP contribution in [-0.2, 0) is 0 Å². The lowest BCUT2D eigenvalue weighted by Crippen LogP contribution is -2.25. The van der Waals surface area contributed by atoms with Crippen LogP contribution in [0.15, 0.2) is 61.2 Å². The largest absolute Gasteiger partial charge is 0.508 e. The first-order valence-electron chi connectivity index (χ1n) is 13.1. The Bertz CT molecular complexity index is 1820. The fourth-order valence-corrected chi connectivity index (χ4v) is 5.19. The summed E-state index contributed by atoms with van der Waals surface area (Å²) in [6, 6.07) is 9.54. The van der Waals surface area contributed by atoms with Crippen LogP contribution in [0.3, 0.4) is 0 Å². The molecule has 6 aromatic rings. The highest BCUT2D eigenvalue weighted by Gasteiger charge is 2.18. The molecule has 1 fully saturated rings. The number of ether oxygens (including phenoxy) is 1. The Balaban J connectivity index is 1.21. The number of benzene rings is 1. The number of pyridine rings is 3. The zero-order chi connectivity index (χ0) is 27.1. The third kappa shape index (κ3) is 4.60. The minimum Gasteiger partial charge on any atom is -0.508 e. The van der Waals surface area contributed by atoms with Crippen LogP contribution in [0.1, 0.15) is 12.8 Å². The second-order valence-corrected chi connectivity index (χ2v) is 9.83. The highest BCUT2D eigenvalue weighted by Crippen LogP contribution is 2.33. The SMILES string of the molecule is Oc1cc(F)cc(-c2ccnc3nc(-c4n[nH]c5cnc(-c6cncc(OCCN7CCCC7)c6)cc45)[nH]c23)c1. The summed E-state index contributed by atoms with van der Waals surface area (Å²) in [5.41, 5.74) is 5.11. The first kappa shape index (κ1) is 24.2. The number of nitrogens with one attached hydrogen (secondary N) is 2. The van der Waals surface area contributed by atoms with Crippen LogP contribution in [-0.4, -0.2) is 71.4 Å². The lowest BCUT2D eigenvalue weighted by Gasteiger charge is -2.15. The fourth-order valence-electron chi connectivity index (χ4n) is 5.19. The molecule has 200 valence electrons. The number of nitrogens with zero attached hydrogens (tertiary/aromatic N) is 6. The normalized spacial score (nSPS) is 13.9. The summed E-state index contributed by atoms with van der Waals surface area (Å²) in [5, 5.41) is 18.2. The number of H-pyrrole nitrogens is 2. The van der Waals surface area contributed by atoms with Crippen molar-refractivity contribution in [2.75, 3.05) is 26.2 Å². The average Bonchev–Trinajstić information content (AvgIpc) is 3.71. The van der Waals surface area contributed by atoms with Gasteiger partial charge >= 0.3 is 0 Å². The smallest absolute Gasteiger partial charge is 0.178 e. The molecule has 1 saturated heterocycles. The first-order valence-corrected chi connectivity index (χ1v) is 13.1. The van der Waals surface area contributed by atoms with Crippen molar-refractivity contribution in [3.05, 3.63) is 67.0 Å². The number of phenols is 1. The fraction of sp³-hybridized carbons (Fsp3) is 0.207. The third-order valence-corrected chi connectivity index (χ3v) is 7.14. The summed E-state index contributed by atoms with van der Waals surface area (Å²) in [5.74, 6) is 0.503. The van der Waals surface area contributed by atoms with Gasteiger partial charge in [-0.3, -0.25) is 20.0 Å². The van der Waals surface area contributed by atoms with Gasteiger partial charge in [-0.25, -0.2) is 14.4 Å². The number of hydrogen-bond donors (Lipinski definition) is 3. The Hall–Kier alpha value is -4.90. The Morgan fingerprint density at radius 2 is 1.90 bits per heavy atom. The number of aromatic nitrogens is 7. The number of aromatic hydroxyl groups is 1. The summed E-state index contributed by atoms with van der Waals surface area (Å²) in [7, 11) is 0. The van der Waals surface area contributed by atoms with Crippen molar-refractivity contribution in [1.29, 1.82) is 0 Å². The van der Waals surface area contributed by atoms with Crippen LogP contribution in [0.4, 0.5) is 4.39 Å². The maximum atomic E-state index is 14.0. The Labute approximate surface area is 227 Å². The predicted molar refractivity (Wildman–Crippen MR) is 148 cm³/mol. The van der Waals surface area contributed by atoms with Crippen molar-refractivity contribution in [1.82, 2.24) is 40.0 Å². The minimum absolute atomic E-state index is 0.159. The maximum absolute atomic E-state index is 14.0. The molecule has 0 radical (unpaired) electrons. The van der Waals surface area contributed by atoms with Gasteiger partial charge in [-0.15, -0.1) is 0 Å². The van der Waals surface area contributed by atoms with Crippen molar-refractivity contribution in [2.24, 2.45) is 0 Å². The summed E-state index contributed by atoms with van der Waals surface area (Å²) < 4.78 is 20.0. The number of fused-ring (bicyclic) bond motifs is 2. The van der Waals surface area contributed by atoms with E-state index < -0.39 is 5.82 Å². The van der Waals surface area contributed by atoms with Crippen LogP contribution >= 0.6 is 0 Å². The predicted octanol–water partition coefficient (Wildman–Crippen LogP) is 4.94. The number of aromatic amines is 2. The summed E-state index contributed by atoms with van der Waals surface area (Å²) in [6.07, 6.45) is 9.31. The van der Waals surface area contributed by atoms with E-state index in [1.54, 1.807) is 30.9 Å². The lowest BCUT2D eigenvalue weighted by molar-refractivity contribution is 0.237. The second kappa shape index (κ2) is 10.0. The molecular weight excluding hydrogens is 511 g/mol. The quantitative estimate of drug-likeness (QED) is 0.262. The molecule has 0 saturated carbocycles. The van der Waals surface area contributed by atoms with Gasteiger partial charge in [0.05, 0.1) is 29.1 Å². The number of imidazole rings is 1. The average molecular weight is 537 g/mol. The van der Waals surface area contributed by atoms with Crippen LogP contribution in [0.2, 0.25) is 0 Å². The lowest BCUT2D eigenvalue weighted by atomic mass is 10.1. The Morgan fingerprint density at radius 1 is 1.00 bits per heavy atom. The van der Waals surface area contributed by atoms with Gasteiger partial charge in [-0.2, -0.15) is 5.10 Å². The molecule has 1 aliphatic rings. The summed E-state index contributed by atoms with van der Waals surface area (Å²) in [4.78, 5) is 23.7. The van der Waals surface area contributed by atoms with Gasteiger partial charge < -0.3 is 14.8 Å². The van der Waals surface area contributed by atoms with Crippen LogP contribution in [0.5, 0.6) is 11.5 Å². The number of phenolic OH excluding ortho intramolecular Hbond substituents is 1. The molecule has 0 spiro atoms. The van der Waals surface area contributed by atoms with E-state index >= 15 is 0 Å². The van der Waals surface area contributed by atoms with E-state index in [-0.39, 0.29) is 5.75 Å². The van der Waals surface area contributed by atoms with Crippen molar-refractivity contribution >= 4 is 22.1 Å². The first-order chi connectivity index (χ1) is 19.6.